The summed E-state index contributed by atoms with van der Waals surface area (Å²) in [5, 5.41) is 0. The second-order valence-electron chi connectivity index (χ2n) is 17.1. The van der Waals surface area contributed by atoms with E-state index in [0.29, 0.717) is 19.3 Å². The molecule has 0 saturated carbocycles. The lowest BCUT2D eigenvalue weighted by molar-refractivity contribution is -0.167. The Labute approximate surface area is 365 Å². The van der Waals surface area contributed by atoms with Crippen molar-refractivity contribution in [1.29, 1.82) is 0 Å². The van der Waals surface area contributed by atoms with Crippen LogP contribution in [-0.2, 0) is 28.6 Å². The van der Waals surface area contributed by atoms with Crippen molar-refractivity contribution in [2.24, 2.45) is 0 Å². The molecule has 6 nitrogen and oxygen atoms in total. The van der Waals surface area contributed by atoms with Crippen LogP contribution in [0.4, 0.5) is 0 Å². The topological polar surface area (TPSA) is 78.9 Å². The predicted octanol–water partition coefficient (Wildman–Crippen LogP) is 16.5. The number of carbonyl (C=O) groups excluding carboxylic acids is 3. The second-order valence-corrected chi connectivity index (χ2v) is 17.1. The number of carbonyl (C=O) groups is 3. The van der Waals surface area contributed by atoms with Gasteiger partial charge in [-0.2, -0.15) is 0 Å². The van der Waals surface area contributed by atoms with E-state index in [1.54, 1.807) is 0 Å². The van der Waals surface area contributed by atoms with Crippen LogP contribution in [0.2, 0.25) is 0 Å². The highest BCUT2D eigenvalue weighted by Crippen LogP contribution is 2.15. The van der Waals surface area contributed by atoms with Crippen molar-refractivity contribution in [2.75, 3.05) is 13.2 Å². The molecule has 0 heterocycles. The predicted molar refractivity (Wildman–Crippen MR) is 252 cm³/mol. The summed E-state index contributed by atoms with van der Waals surface area (Å²) in [6, 6.07) is 0. The van der Waals surface area contributed by atoms with E-state index in [9.17, 15) is 14.4 Å². The fourth-order valence-electron chi connectivity index (χ4n) is 7.23. The van der Waals surface area contributed by atoms with E-state index in [0.717, 1.165) is 83.5 Å². The molecule has 0 aliphatic rings. The summed E-state index contributed by atoms with van der Waals surface area (Å²) >= 11 is 0. The molecule has 0 amide bonds. The molecule has 6 heteroatoms. The van der Waals surface area contributed by atoms with E-state index in [4.69, 9.17) is 14.2 Å². The van der Waals surface area contributed by atoms with Crippen LogP contribution < -0.4 is 0 Å². The molecular weight excluding hydrogens is 733 g/mol. The Bertz CT molecular complexity index is 1000. The SMILES string of the molecule is CCCCC/C=C\C/C=C\CCCCCCCC(=O)OC[C@@H](COC(=O)CCCCCCC/C=C\CCCCCCCC)OC(=O)CCCCCCCCCCCCC. The molecular formula is C53H96O6. The van der Waals surface area contributed by atoms with Crippen LogP contribution in [0.25, 0.3) is 0 Å². The van der Waals surface area contributed by atoms with Crippen molar-refractivity contribution in [3.05, 3.63) is 36.5 Å². The van der Waals surface area contributed by atoms with Crippen molar-refractivity contribution in [1.82, 2.24) is 0 Å². The lowest BCUT2D eigenvalue weighted by Crippen LogP contribution is -2.30. The lowest BCUT2D eigenvalue weighted by Gasteiger charge is -2.18. The van der Waals surface area contributed by atoms with Crippen LogP contribution >= 0.6 is 0 Å². The van der Waals surface area contributed by atoms with Gasteiger partial charge in [-0.25, -0.2) is 0 Å². The van der Waals surface area contributed by atoms with E-state index in [1.807, 2.05) is 0 Å². The van der Waals surface area contributed by atoms with E-state index in [1.165, 1.54) is 141 Å². The molecule has 0 aromatic heterocycles. The highest BCUT2D eigenvalue weighted by Gasteiger charge is 2.19. The van der Waals surface area contributed by atoms with E-state index in [-0.39, 0.29) is 31.1 Å². The minimum absolute atomic E-state index is 0.0785. The van der Waals surface area contributed by atoms with Crippen molar-refractivity contribution >= 4 is 17.9 Å². The van der Waals surface area contributed by atoms with Gasteiger partial charge in [0, 0.05) is 19.3 Å². The number of hydrogen-bond acceptors (Lipinski definition) is 6. The quantitative estimate of drug-likeness (QED) is 0.0263. The van der Waals surface area contributed by atoms with Gasteiger partial charge in [0.15, 0.2) is 6.10 Å². The van der Waals surface area contributed by atoms with Gasteiger partial charge in [-0.3, -0.25) is 14.4 Å². The van der Waals surface area contributed by atoms with E-state index >= 15 is 0 Å². The Balaban J connectivity index is 4.37. The normalized spacial score (nSPS) is 12.3. The Hall–Kier alpha value is -2.37. The van der Waals surface area contributed by atoms with Crippen LogP contribution in [0, 0.1) is 0 Å². The first kappa shape index (κ1) is 56.6. The van der Waals surface area contributed by atoms with Crippen LogP contribution in [-0.4, -0.2) is 37.2 Å². The maximum Gasteiger partial charge on any atom is 0.306 e. The highest BCUT2D eigenvalue weighted by molar-refractivity contribution is 5.71. The van der Waals surface area contributed by atoms with E-state index < -0.39 is 6.10 Å². The second kappa shape index (κ2) is 48.3. The molecule has 1 atom stereocenters. The van der Waals surface area contributed by atoms with Gasteiger partial charge < -0.3 is 14.2 Å². The van der Waals surface area contributed by atoms with Gasteiger partial charge >= 0.3 is 17.9 Å². The van der Waals surface area contributed by atoms with Crippen molar-refractivity contribution in [2.45, 2.75) is 271 Å². The fourth-order valence-corrected chi connectivity index (χ4v) is 7.23. The molecule has 0 unspecified atom stereocenters. The van der Waals surface area contributed by atoms with Crippen molar-refractivity contribution in [3.63, 3.8) is 0 Å². The molecule has 0 aliphatic heterocycles. The number of unbranched alkanes of at least 4 members (excludes halogenated alkanes) is 29. The Morgan fingerprint density at radius 1 is 0.339 bits per heavy atom. The molecule has 0 aromatic rings. The van der Waals surface area contributed by atoms with Crippen LogP contribution in [0.5, 0.6) is 0 Å². The summed E-state index contributed by atoms with van der Waals surface area (Å²) in [5.41, 5.74) is 0. The summed E-state index contributed by atoms with van der Waals surface area (Å²) in [4.78, 5) is 37.9. The molecule has 59 heavy (non-hydrogen) atoms. The Morgan fingerprint density at radius 2 is 0.610 bits per heavy atom. The number of ether oxygens (including phenoxy) is 3. The molecule has 0 rings (SSSR count). The summed E-state index contributed by atoms with van der Waals surface area (Å²) in [6.45, 7) is 6.59. The zero-order valence-electron chi connectivity index (χ0n) is 39.3. The maximum absolute atomic E-state index is 12.7. The molecule has 0 saturated heterocycles. The van der Waals surface area contributed by atoms with Crippen molar-refractivity contribution < 1.29 is 28.6 Å². The third-order valence-corrected chi connectivity index (χ3v) is 11.1. The zero-order valence-corrected chi connectivity index (χ0v) is 39.3. The third kappa shape index (κ3) is 46.5. The smallest absolute Gasteiger partial charge is 0.306 e. The Kier molecular flexibility index (Phi) is 46.4. The first-order chi connectivity index (χ1) is 29.0. The van der Waals surface area contributed by atoms with Crippen LogP contribution in [0.15, 0.2) is 36.5 Å². The molecule has 344 valence electrons. The monoisotopic (exact) mass is 829 g/mol. The standard InChI is InChI=1S/C53H96O6/c1-4-7-10-13-16-19-22-24-26-28-31-33-36-39-42-45-51(54)57-48-50(59-53(56)47-44-41-38-35-30-21-18-15-12-9-6-3)49-58-52(55)46-43-40-37-34-32-29-27-25-23-20-17-14-11-8-5-2/h16,19,24-27,50H,4-15,17-18,20-23,28-49H2,1-3H3/b19-16-,26-24-,27-25-/t50-/m0/s1. The largest absolute Gasteiger partial charge is 0.462 e. The number of allylic oxidation sites excluding steroid dienone is 6. The average molecular weight is 829 g/mol. The van der Waals surface area contributed by atoms with Gasteiger partial charge in [0.1, 0.15) is 13.2 Å². The van der Waals surface area contributed by atoms with Crippen LogP contribution in [0.1, 0.15) is 265 Å². The number of hydrogen-bond donors (Lipinski definition) is 0. The molecule has 0 aliphatic carbocycles. The van der Waals surface area contributed by atoms with E-state index in [2.05, 4.69) is 57.2 Å². The minimum Gasteiger partial charge on any atom is -0.462 e. The molecule has 0 radical (unpaired) electrons. The van der Waals surface area contributed by atoms with Crippen molar-refractivity contribution in [3.8, 4) is 0 Å². The molecule has 0 N–H and O–H groups in total. The Morgan fingerprint density at radius 3 is 0.983 bits per heavy atom. The van der Waals surface area contributed by atoms with Crippen LogP contribution in [0.3, 0.4) is 0 Å². The highest BCUT2D eigenvalue weighted by atomic mass is 16.6. The van der Waals surface area contributed by atoms with Gasteiger partial charge in [0.2, 0.25) is 0 Å². The third-order valence-electron chi connectivity index (χ3n) is 11.1. The summed E-state index contributed by atoms with van der Waals surface area (Å²) < 4.78 is 16.8. The first-order valence-corrected chi connectivity index (χ1v) is 25.5. The van der Waals surface area contributed by atoms with Gasteiger partial charge in [-0.05, 0) is 77.0 Å². The number of esters is 3. The lowest BCUT2D eigenvalue weighted by atomic mass is 10.1. The fraction of sp³-hybridized carbons (Fsp3) is 0.830. The molecule has 0 fully saturated rings. The van der Waals surface area contributed by atoms with Gasteiger partial charge in [0.25, 0.3) is 0 Å². The first-order valence-electron chi connectivity index (χ1n) is 25.5. The molecule has 0 bridgehead atoms. The average Bonchev–Trinajstić information content (AvgIpc) is 3.23. The minimum atomic E-state index is -0.776. The zero-order chi connectivity index (χ0) is 43.0. The molecule has 0 spiro atoms. The van der Waals surface area contributed by atoms with Gasteiger partial charge in [-0.1, -0.05) is 205 Å². The number of rotatable bonds is 46. The van der Waals surface area contributed by atoms with Gasteiger partial charge in [-0.15, -0.1) is 0 Å². The maximum atomic E-state index is 12.7. The van der Waals surface area contributed by atoms with Gasteiger partial charge in [0.05, 0.1) is 0 Å². The summed E-state index contributed by atoms with van der Waals surface area (Å²) in [7, 11) is 0. The summed E-state index contributed by atoms with van der Waals surface area (Å²) in [6.07, 6.45) is 55.5. The summed E-state index contributed by atoms with van der Waals surface area (Å²) in [5.74, 6) is -0.892. The molecule has 0 aromatic carbocycles.